The summed E-state index contributed by atoms with van der Waals surface area (Å²) in [5, 5.41) is 29.6. The molecule has 0 radical (unpaired) electrons. The molecule has 0 bridgehead atoms. The minimum absolute atomic E-state index is 0.0725. The van der Waals surface area contributed by atoms with Crippen LogP contribution in [-0.4, -0.2) is 32.3 Å². The minimum atomic E-state index is -0.327. The number of nitrogens with one attached hydrogen (secondary N) is 2. The van der Waals surface area contributed by atoms with Gasteiger partial charge in [-0.25, -0.2) is 0 Å². The third-order valence-corrected chi connectivity index (χ3v) is 2.56. The number of aromatic hydroxyl groups is 1. The molecular weight excluding hydrogens is 262 g/mol. The zero-order valence-corrected chi connectivity index (χ0v) is 10.4. The molecule has 0 saturated heterocycles. The van der Waals surface area contributed by atoms with Crippen molar-refractivity contribution in [1.29, 1.82) is 0 Å². The van der Waals surface area contributed by atoms with Crippen LogP contribution in [0.5, 0.6) is 5.75 Å². The number of phenols is 1. The van der Waals surface area contributed by atoms with Gasteiger partial charge in [0.15, 0.2) is 5.84 Å². The average molecular weight is 275 g/mol. The number of carbonyl (C=O) groups is 1. The number of hydrogen-bond donors (Lipinski definition) is 5. The summed E-state index contributed by atoms with van der Waals surface area (Å²) in [5.74, 6) is -0.155. The maximum atomic E-state index is 11.9. The first-order chi connectivity index (χ1) is 9.60. The number of benzene rings is 1. The van der Waals surface area contributed by atoms with Crippen LogP contribution in [0.15, 0.2) is 35.6 Å². The summed E-state index contributed by atoms with van der Waals surface area (Å²) in [6.07, 6.45) is 1.40. The first-order valence-electron chi connectivity index (χ1n) is 5.69. The number of hydrogen-bond acceptors (Lipinski definition) is 5. The summed E-state index contributed by atoms with van der Waals surface area (Å²) in [6, 6.07) is 6.39. The monoisotopic (exact) mass is 275 g/mol. The Hall–Kier alpha value is -3.03. The van der Waals surface area contributed by atoms with Crippen LogP contribution in [0.25, 0.3) is 0 Å². The average Bonchev–Trinajstić information content (AvgIpc) is 2.85. The molecule has 6 N–H and O–H groups in total. The lowest BCUT2D eigenvalue weighted by atomic mass is 10.1. The zero-order valence-electron chi connectivity index (χ0n) is 10.4. The number of amidine groups is 1. The maximum Gasteiger partial charge on any atom is 0.229 e. The normalized spacial score (nSPS) is 11.3. The number of phenolic OH excluding ortho intramolecular Hbond substituents is 1. The molecule has 0 aliphatic rings. The molecule has 0 atom stereocenters. The Kier molecular flexibility index (Phi) is 3.85. The number of H-pyrrole nitrogens is 1. The molecule has 1 heterocycles. The Balaban J connectivity index is 2.07. The summed E-state index contributed by atoms with van der Waals surface area (Å²) in [6.45, 7) is 0. The van der Waals surface area contributed by atoms with Crippen LogP contribution < -0.4 is 11.1 Å². The Morgan fingerprint density at radius 1 is 1.50 bits per heavy atom. The number of nitrogens with zero attached hydrogens (tertiary/aromatic N) is 2. The predicted molar refractivity (Wildman–Crippen MR) is 71.5 cm³/mol. The van der Waals surface area contributed by atoms with E-state index in [0.29, 0.717) is 5.56 Å². The molecule has 0 fully saturated rings. The fraction of sp³-hybridized carbons (Fsp3) is 0.0833. The molecule has 8 heteroatoms. The number of nitrogens with two attached hydrogens (primary N) is 1. The standard InChI is InChI=1S/C12H13N5O3/c13-11(17-20)9-6-14-16-12(9)15-10(19)5-7-2-1-3-8(18)4-7/h1-4,6,18,20H,5H2,(H2,13,17)(H2,14,15,16,19). The van der Waals surface area contributed by atoms with Crippen LogP contribution in [0, 0.1) is 0 Å². The summed E-state index contributed by atoms with van der Waals surface area (Å²) >= 11 is 0. The topological polar surface area (TPSA) is 137 Å². The summed E-state index contributed by atoms with van der Waals surface area (Å²) in [7, 11) is 0. The van der Waals surface area contributed by atoms with Gasteiger partial charge in [-0.15, -0.1) is 0 Å². The Morgan fingerprint density at radius 2 is 2.30 bits per heavy atom. The van der Waals surface area contributed by atoms with E-state index >= 15 is 0 Å². The lowest BCUT2D eigenvalue weighted by Gasteiger charge is -2.05. The highest BCUT2D eigenvalue weighted by Crippen LogP contribution is 2.14. The third-order valence-electron chi connectivity index (χ3n) is 2.56. The van der Waals surface area contributed by atoms with Crippen molar-refractivity contribution in [2.45, 2.75) is 6.42 Å². The number of aromatic nitrogens is 2. The molecule has 0 spiro atoms. The predicted octanol–water partition coefficient (Wildman–Crippen LogP) is 0.391. The number of oxime groups is 1. The number of aromatic amines is 1. The first kappa shape index (κ1) is 13.4. The number of amides is 1. The molecule has 20 heavy (non-hydrogen) atoms. The van der Waals surface area contributed by atoms with Gasteiger partial charge in [-0.05, 0) is 17.7 Å². The quantitative estimate of drug-likeness (QED) is 0.238. The molecule has 1 amide bonds. The van der Waals surface area contributed by atoms with E-state index in [2.05, 4.69) is 20.7 Å². The van der Waals surface area contributed by atoms with Gasteiger partial charge in [-0.3, -0.25) is 9.89 Å². The van der Waals surface area contributed by atoms with Crippen molar-refractivity contribution in [2.75, 3.05) is 5.32 Å². The molecular formula is C12H13N5O3. The van der Waals surface area contributed by atoms with Crippen LogP contribution in [-0.2, 0) is 11.2 Å². The van der Waals surface area contributed by atoms with E-state index < -0.39 is 0 Å². The van der Waals surface area contributed by atoms with Crippen molar-refractivity contribution in [3.05, 3.63) is 41.6 Å². The van der Waals surface area contributed by atoms with Crippen LogP contribution in [0.2, 0.25) is 0 Å². The molecule has 8 nitrogen and oxygen atoms in total. The Morgan fingerprint density at radius 3 is 3.00 bits per heavy atom. The molecule has 0 unspecified atom stereocenters. The smallest absolute Gasteiger partial charge is 0.229 e. The van der Waals surface area contributed by atoms with Crippen molar-refractivity contribution >= 4 is 17.6 Å². The van der Waals surface area contributed by atoms with E-state index in [1.165, 1.54) is 18.3 Å². The van der Waals surface area contributed by atoms with E-state index in [9.17, 15) is 9.90 Å². The van der Waals surface area contributed by atoms with E-state index in [1.807, 2.05) is 0 Å². The van der Waals surface area contributed by atoms with Crippen LogP contribution in [0.3, 0.4) is 0 Å². The van der Waals surface area contributed by atoms with Gasteiger partial charge < -0.3 is 21.4 Å². The van der Waals surface area contributed by atoms with Crippen molar-refractivity contribution in [1.82, 2.24) is 10.2 Å². The summed E-state index contributed by atoms with van der Waals surface area (Å²) in [5.41, 5.74) is 6.39. The molecule has 1 aromatic heterocycles. The lowest BCUT2D eigenvalue weighted by molar-refractivity contribution is -0.115. The van der Waals surface area contributed by atoms with Crippen LogP contribution in [0.1, 0.15) is 11.1 Å². The molecule has 0 saturated carbocycles. The number of carbonyl (C=O) groups excluding carboxylic acids is 1. The van der Waals surface area contributed by atoms with Gasteiger partial charge in [0.1, 0.15) is 11.6 Å². The number of anilines is 1. The van der Waals surface area contributed by atoms with Crippen LogP contribution >= 0.6 is 0 Å². The molecule has 1 aromatic carbocycles. The lowest BCUT2D eigenvalue weighted by Crippen LogP contribution is -2.19. The highest BCUT2D eigenvalue weighted by atomic mass is 16.4. The summed E-state index contributed by atoms with van der Waals surface area (Å²) < 4.78 is 0. The number of rotatable bonds is 4. The van der Waals surface area contributed by atoms with Crippen LogP contribution in [0.4, 0.5) is 5.82 Å². The van der Waals surface area contributed by atoms with E-state index in [0.717, 1.165) is 0 Å². The van der Waals surface area contributed by atoms with Gasteiger partial charge in [-0.1, -0.05) is 17.3 Å². The largest absolute Gasteiger partial charge is 0.508 e. The Labute approximate surface area is 113 Å². The van der Waals surface area contributed by atoms with Crippen molar-refractivity contribution < 1.29 is 15.1 Å². The van der Waals surface area contributed by atoms with Gasteiger partial charge in [0.25, 0.3) is 0 Å². The van der Waals surface area contributed by atoms with Gasteiger partial charge in [0.2, 0.25) is 5.91 Å². The molecule has 0 aliphatic heterocycles. The molecule has 0 aliphatic carbocycles. The fourth-order valence-corrected chi connectivity index (χ4v) is 1.66. The highest BCUT2D eigenvalue weighted by Gasteiger charge is 2.12. The fourth-order valence-electron chi connectivity index (χ4n) is 1.66. The van der Waals surface area contributed by atoms with Gasteiger partial charge in [0.05, 0.1) is 18.2 Å². The molecule has 2 rings (SSSR count). The third kappa shape index (κ3) is 3.05. The van der Waals surface area contributed by atoms with E-state index in [1.54, 1.807) is 12.1 Å². The second kappa shape index (κ2) is 5.74. The van der Waals surface area contributed by atoms with Gasteiger partial charge >= 0.3 is 0 Å². The second-order valence-corrected chi connectivity index (χ2v) is 4.04. The van der Waals surface area contributed by atoms with Crippen molar-refractivity contribution in [3.63, 3.8) is 0 Å². The van der Waals surface area contributed by atoms with E-state index in [-0.39, 0.29) is 35.3 Å². The molecule has 104 valence electrons. The second-order valence-electron chi connectivity index (χ2n) is 4.04. The Bertz CT molecular complexity index is 650. The van der Waals surface area contributed by atoms with Crippen molar-refractivity contribution in [2.24, 2.45) is 10.9 Å². The maximum absolute atomic E-state index is 11.9. The summed E-state index contributed by atoms with van der Waals surface area (Å²) in [4.78, 5) is 11.9. The van der Waals surface area contributed by atoms with Crippen molar-refractivity contribution in [3.8, 4) is 5.75 Å². The van der Waals surface area contributed by atoms with E-state index in [4.69, 9.17) is 10.9 Å². The highest BCUT2D eigenvalue weighted by molar-refractivity contribution is 6.04. The van der Waals surface area contributed by atoms with Gasteiger partial charge in [-0.2, -0.15) is 5.10 Å². The molecule has 2 aromatic rings. The zero-order chi connectivity index (χ0) is 14.5. The minimum Gasteiger partial charge on any atom is -0.508 e. The first-order valence-corrected chi connectivity index (χ1v) is 5.69. The SMILES string of the molecule is NC(=NO)c1cn[nH]c1NC(=O)Cc1cccc(O)c1. The van der Waals surface area contributed by atoms with Gasteiger partial charge in [0, 0.05) is 0 Å².